The highest BCUT2D eigenvalue weighted by atomic mass is 32.1. The van der Waals surface area contributed by atoms with Gasteiger partial charge in [0.05, 0.1) is 10.6 Å². The molecule has 1 aromatic carbocycles. The molecule has 0 spiro atoms. The number of aryl methyl sites for hydroxylation is 3. The maximum atomic E-state index is 5.65. The largest absolute Gasteiger partial charge is 0.353 e. The third-order valence-corrected chi connectivity index (χ3v) is 5.04. The SMILES string of the molecule is Cc1ccc(-c2[nH]c3c(C)cccc3c2CCCCN)s1. The first-order chi connectivity index (χ1) is 10.2. The maximum absolute atomic E-state index is 5.65. The second kappa shape index (κ2) is 6.04. The molecule has 3 heteroatoms. The Balaban J connectivity index is 2.12. The van der Waals surface area contributed by atoms with Crippen molar-refractivity contribution in [3.8, 4) is 10.6 Å². The van der Waals surface area contributed by atoms with Crippen LogP contribution in [0.15, 0.2) is 30.3 Å². The number of para-hydroxylation sites is 1. The van der Waals surface area contributed by atoms with Crippen molar-refractivity contribution < 1.29 is 0 Å². The van der Waals surface area contributed by atoms with Crippen molar-refractivity contribution in [2.45, 2.75) is 33.1 Å². The van der Waals surface area contributed by atoms with E-state index in [1.54, 1.807) is 0 Å². The molecule has 0 aliphatic heterocycles. The zero-order valence-electron chi connectivity index (χ0n) is 12.7. The quantitative estimate of drug-likeness (QED) is 0.653. The summed E-state index contributed by atoms with van der Waals surface area (Å²) in [5.74, 6) is 0. The minimum absolute atomic E-state index is 0.773. The molecule has 3 rings (SSSR count). The Kier molecular flexibility index (Phi) is 4.13. The van der Waals surface area contributed by atoms with Gasteiger partial charge in [-0.2, -0.15) is 0 Å². The Morgan fingerprint density at radius 2 is 1.95 bits per heavy atom. The molecule has 0 bridgehead atoms. The van der Waals surface area contributed by atoms with Gasteiger partial charge in [0.1, 0.15) is 0 Å². The van der Waals surface area contributed by atoms with Gasteiger partial charge in [-0.3, -0.25) is 0 Å². The highest BCUT2D eigenvalue weighted by Crippen LogP contribution is 2.36. The van der Waals surface area contributed by atoms with Crippen molar-refractivity contribution in [1.82, 2.24) is 4.98 Å². The number of aromatic nitrogens is 1. The molecule has 3 N–H and O–H groups in total. The van der Waals surface area contributed by atoms with E-state index in [9.17, 15) is 0 Å². The fourth-order valence-electron chi connectivity index (χ4n) is 2.91. The fourth-order valence-corrected chi connectivity index (χ4v) is 3.80. The molecule has 2 nitrogen and oxygen atoms in total. The van der Waals surface area contributed by atoms with Gasteiger partial charge in [0.25, 0.3) is 0 Å². The van der Waals surface area contributed by atoms with Crippen LogP contribution in [0.5, 0.6) is 0 Å². The molecule has 0 fully saturated rings. The molecule has 0 radical (unpaired) electrons. The van der Waals surface area contributed by atoms with Gasteiger partial charge in [0.15, 0.2) is 0 Å². The highest BCUT2D eigenvalue weighted by Gasteiger charge is 2.15. The summed E-state index contributed by atoms with van der Waals surface area (Å²) in [4.78, 5) is 6.36. The van der Waals surface area contributed by atoms with E-state index in [4.69, 9.17) is 5.73 Å². The molecular weight excluding hydrogens is 276 g/mol. The van der Waals surface area contributed by atoms with E-state index in [2.05, 4.69) is 49.2 Å². The van der Waals surface area contributed by atoms with Crippen LogP contribution in [-0.4, -0.2) is 11.5 Å². The van der Waals surface area contributed by atoms with Crippen LogP contribution in [0.1, 0.15) is 28.8 Å². The topological polar surface area (TPSA) is 41.8 Å². The average molecular weight is 298 g/mol. The van der Waals surface area contributed by atoms with E-state index >= 15 is 0 Å². The third kappa shape index (κ3) is 2.76. The molecule has 0 atom stereocenters. The van der Waals surface area contributed by atoms with Crippen molar-refractivity contribution in [3.05, 3.63) is 46.3 Å². The molecule has 2 heterocycles. The summed E-state index contributed by atoms with van der Waals surface area (Å²) in [6, 6.07) is 11.0. The van der Waals surface area contributed by atoms with Crippen LogP contribution in [0.25, 0.3) is 21.5 Å². The van der Waals surface area contributed by atoms with Gasteiger partial charge in [0.2, 0.25) is 0 Å². The summed E-state index contributed by atoms with van der Waals surface area (Å²) in [7, 11) is 0. The van der Waals surface area contributed by atoms with Gasteiger partial charge in [-0.25, -0.2) is 0 Å². The van der Waals surface area contributed by atoms with Crippen LogP contribution < -0.4 is 5.73 Å². The lowest BCUT2D eigenvalue weighted by Gasteiger charge is -2.03. The zero-order chi connectivity index (χ0) is 14.8. The first kappa shape index (κ1) is 14.4. The number of thiophene rings is 1. The van der Waals surface area contributed by atoms with E-state index < -0.39 is 0 Å². The second-order valence-electron chi connectivity index (χ2n) is 5.63. The number of nitrogens with one attached hydrogen (secondary N) is 1. The number of unbranched alkanes of at least 4 members (excludes halogenated alkanes) is 1. The van der Waals surface area contributed by atoms with Gasteiger partial charge in [0, 0.05) is 15.8 Å². The lowest BCUT2D eigenvalue weighted by Crippen LogP contribution is -1.99. The Bertz CT molecular complexity index is 752. The normalized spacial score (nSPS) is 11.4. The van der Waals surface area contributed by atoms with Gasteiger partial charge in [-0.15, -0.1) is 11.3 Å². The summed E-state index contributed by atoms with van der Waals surface area (Å²) in [5, 5.41) is 1.37. The first-order valence-corrected chi connectivity index (χ1v) is 8.39. The molecule has 21 heavy (non-hydrogen) atoms. The van der Waals surface area contributed by atoms with Crippen molar-refractivity contribution in [2.24, 2.45) is 5.73 Å². The van der Waals surface area contributed by atoms with Crippen LogP contribution in [0.2, 0.25) is 0 Å². The summed E-state index contributed by atoms with van der Waals surface area (Å²) in [6.07, 6.45) is 3.32. The van der Waals surface area contributed by atoms with Crippen LogP contribution in [0.4, 0.5) is 0 Å². The predicted octanol–water partition coefficient (Wildman–Crippen LogP) is 4.79. The molecule has 0 aliphatic rings. The number of rotatable bonds is 5. The average Bonchev–Trinajstić information content (AvgIpc) is 3.04. The van der Waals surface area contributed by atoms with Gasteiger partial charge in [-0.1, -0.05) is 18.2 Å². The highest BCUT2D eigenvalue weighted by molar-refractivity contribution is 7.15. The number of H-pyrrole nitrogens is 1. The molecule has 0 saturated carbocycles. The second-order valence-corrected chi connectivity index (χ2v) is 6.92. The van der Waals surface area contributed by atoms with Gasteiger partial charge in [-0.05, 0) is 62.9 Å². The van der Waals surface area contributed by atoms with Crippen LogP contribution >= 0.6 is 11.3 Å². The minimum Gasteiger partial charge on any atom is -0.353 e. The number of hydrogen-bond acceptors (Lipinski definition) is 2. The molecule has 0 saturated heterocycles. The molecule has 0 aliphatic carbocycles. The smallest absolute Gasteiger partial charge is 0.0598 e. The molecule has 0 unspecified atom stereocenters. The molecule has 3 aromatic rings. The fraction of sp³-hybridized carbons (Fsp3) is 0.333. The van der Waals surface area contributed by atoms with Crippen molar-refractivity contribution in [2.75, 3.05) is 6.54 Å². The summed E-state index contributed by atoms with van der Waals surface area (Å²) >= 11 is 1.86. The number of fused-ring (bicyclic) bond motifs is 1. The van der Waals surface area contributed by atoms with E-state index in [0.717, 1.165) is 25.8 Å². The number of aromatic amines is 1. The van der Waals surface area contributed by atoms with E-state index in [-0.39, 0.29) is 0 Å². The number of hydrogen-bond donors (Lipinski definition) is 2. The van der Waals surface area contributed by atoms with Gasteiger partial charge < -0.3 is 10.7 Å². The van der Waals surface area contributed by atoms with Crippen molar-refractivity contribution in [1.29, 1.82) is 0 Å². The lowest BCUT2D eigenvalue weighted by molar-refractivity contribution is 0.748. The summed E-state index contributed by atoms with van der Waals surface area (Å²) in [5.41, 5.74) is 11.0. The lowest BCUT2D eigenvalue weighted by atomic mass is 10.0. The van der Waals surface area contributed by atoms with Crippen molar-refractivity contribution >= 4 is 22.2 Å². The molecule has 110 valence electrons. The molecular formula is C18H22N2S. The molecule has 0 amide bonds. The maximum Gasteiger partial charge on any atom is 0.0598 e. The van der Waals surface area contributed by atoms with Gasteiger partial charge >= 0.3 is 0 Å². The Morgan fingerprint density at radius 1 is 1.10 bits per heavy atom. The zero-order valence-corrected chi connectivity index (χ0v) is 13.5. The third-order valence-electron chi connectivity index (χ3n) is 4.02. The Hall–Kier alpha value is -1.58. The monoisotopic (exact) mass is 298 g/mol. The Labute approximate surface area is 130 Å². The number of nitrogens with two attached hydrogens (primary N) is 1. The minimum atomic E-state index is 0.773. The Morgan fingerprint density at radius 3 is 2.67 bits per heavy atom. The van der Waals surface area contributed by atoms with Crippen molar-refractivity contribution in [3.63, 3.8) is 0 Å². The molecule has 2 aromatic heterocycles. The summed E-state index contributed by atoms with van der Waals surface area (Å²) in [6.45, 7) is 5.11. The van der Waals surface area contributed by atoms with Crippen LogP contribution in [0, 0.1) is 13.8 Å². The standard InChI is InChI=1S/C18H22N2S/c1-12-6-5-8-14-15(7-3-4-11-19)18(20-17(12)14)16-10-9-13(2)21-16/h5-6,8-10,20H,3-4,7,11,19H2,1-2H3. The van der Waals surface area contributed by atoms with Crippen LogP contribution in [-0.2, 0) is 6.42 Å². The van der Waals surface area contributed by atoms with E-state index in [0.29, 0.717) is 0 Å². The summed E-state index contributed by atoms with van der Waals surface area (Å²) < 4.78 is 0. The number of benzene rings is 1. The van der Waals surface area contributed by atoms with E-state index in [1.807, 2.05) is 11.3 Å². The predicted molar refractivity (Wildman–Crippen MR) is 93.1 cm³/mol. The van der Waals surface area contributed by atoms with E-state index in [1.165, 1.54) is 37.5 Å². The van der Waals surface area contributed by atoms with Crippen LogP contribution in [0.3, 0.4) is 0 Å². The first-order valence-electron chi connectivity index (χ1n) is 7.57.